The van der Waals surface area contributed by atoms with E-state index in [9.17, 15) is 4.39 Å². The van der Waals surface area contributed by atoms with E-state index in [0.29, 0.717) is 35.1 Å². The average Bonchev–Trinajstić information content (AvgIpc) is 3.46. The lowest BCUT2D eigenvalue weighted by atomic mass is 10.0. The third kappa shape index (κ3) is 2.28. The van der Waals surface area contributed by atoms with Crippen LogP contribution in [0.5, 0.6) is 11.5 Å². The molecular weight excluding hydrogens is 387 g/mol. The second kappa shape index (κ2) is 6.06. The van der Waals surface area contributed by atoms with Gasteiger partial charge < -0.3 is 14.8 Å². The van der Waals surface area contributed by atoms with E-state index < -0.39 is 0 Å². The van der Waals surface area contributed by atoms with Crippen LogP contribution in [0.25, 0.3) is 22.3 Å². The maximum absolute atomic E-state index is 14.7. The topological polar surface area (TPSA) is 78.5 Å². The van der Waals surface area contributed by atoms with Crippen molar-refractivity contribution in [2.45, 2.75) is 13.5 Å². The first kappa shape index (κ1) is 17.0. The number of pyridine rings is 1. The Kier molecular flexibility index (Phi) is 3.44. The van der Waals surface area contributed by atoms with Crippen molar-refractivity contribution in [2.24, 2.45) is 7.05 Å². The molecule has 0 saturated heterocycles. The summed E-state index contributed by atoms with van der Waals surface area (Å²) in [5, 5.41) is 16.1. The van der Waals surface area contributed by atoms with Crippen LogP contribution in [-0.2, 0) is 13.6 Å². The maximum Gasteiger partial charge on any atom is 0.170 e. The highest BCUT2D eigenvalue weighted by Gasteiger charge is 2.27. The number of fused-ring (bicyclic) bond motifs is 3. The lowest BCUT2D eigenvalue weighted by Crippen LogP contribution is -2.08. The molecule has 0 atom stereocenters. The number of aryl methyl sites for hydroxylation is 1. The number of ether oxygens (including phenoxy) is 2. The van der Waals surface area contributed by atoms with Gasteiger partial charge in [0, 0.05) is 47.1 Å². The lowest BCUT2D eigenvalue weighted by Gasteiger charge is -2.15. The molecule has 1 N–H and O–H groups in total. The summed E-state index contributed by atoms with van der Waals surface area (Å²) in [5.74, 6) is 1.60. The minimum absolute atomic E-state index is 0.268. The zero-order chi connectivity index (χ0) is 20.4. The molecule has 6 rings (SSSR count). The lowest BCUT2D eigenvalue weighted by molar-refractivity contribution is 0.384. The van der Waals surface area contributed by atoms with Crippen LogP contribution in [0, 0.1) is 12.7 Å². The predicted molar refractivity (Wildman–Crippen MR) is 108 cm³/mol. The molecule has 0 radical (unpaired) electrons. The Morgan fingerprint density at radius 1 is 1.20 bits per heavy atom. The molecule has 3 aromatic heterocycles. The van der Waals surface area contributed by atoms with Gasteiger partial charge in [0.05, 0.1) is 12.5 Å². The van der Waals surface area contributed by atoms with Crippen molar-refractivity contribution in [2.75, 3.05) is 11.9 Å². The summed E-state index contributed by atoms with van der Waals surface area (Å²) in [5.41, 5.74) is 5.54. The first-order chi connectivity index (χ1) is 14.6. The molecular formula is C21H17FN6O2. The van der Waals surface area contributed by atoms with E-state index in [1.165, 1.54) is 6.07 Å². The number of benzene rings is 1. The SMILES string of the molecule is Cc1c(-c2cc3c(n4cnnc24)NCc2c(F)ccc4c2/C(=C/O3)CO4)cnn1C. The predicted octanol–water partition coefficient (Wildman–Crippen LogP) is 3.32. The van der Waals surface area contributed by atoms with Gasteiger partial charge >= 0.3 is 0 Å². The summed E-state index contributed by atoms with van der Waals surface area (Å²) in [7, 11) is 1.89. The Bertz CT molecular complexity index is 1370. The van der Waals surface area contributed by atoms with Gasteiger partial charge in [-0.3, -0.25) is 9.08 Å². The largest absolute Gasteiger partial charge is 0.488 e. The number of hydrogen-bond acceptors (Lipinski definition) is 6. The third-order valence-electron chi connectivity index (χ3n) is 5.75. The Balaban J connectivity index is 1.58. The first-order valence-corrected chi connectivity index (χ1v) is 9.51. The van der Waals surface area contributed by atoms with E-state index in [1.54, 1.807) is 24.9 Å². The quantitative estimate of drug-likeness (QED) is 0.524. The van der Waals surface area contributed by atoms with Gasteiger partial charge in [-0.25, -0.2) is 4.39 Å². The van der Waals surface area contributed by atoms with Crippen molar-refractivity contribution in [3.05, 3.63) is 59.6 Å². The molecule has 150 valence electrons. The van der Waals surface area contributed by atoms with E-state index in [2.05, 4.69) is 20.6 Å². The molecule has 2 aliphatic heterocycles. The van der Waals surface area contributed by atoms with E-state index >= 15 is 0 Å². The zero-order valence-corrected chi connectivity index (χ0v) is 16.3. The van der Waals surface area contributed by atoms with Crippen LogP contribution in [0.2, 0.25) is 0 Å². The van der Waals surface area contributed by atoms with E-state index in [4.69, 9.17) is 9.47 Å². The van der Waals surface area contributed by atoms with Crippen LogP contribution < -0.4 is 14.8 Å². The zero-order valence-electron chi connectivity index (χ0n) is 16.3. The molecule has 0 aliphatic carbocycles. The fourth-order valence-electron chi connectivity index (χ4n) is 4.06. The molecule has 0 bridgehead atoms. The van der Waals surface area contributed by atoms with Gasteiger partial charge in [-0.2, -0.15) is 5.10 Å². The van der Waals surface area contributed by atoms with Crippen molar-refractivity contribution >= 4 is 17.0 Å². The third-order valence-corrected chi connectivity index (χ3v) is 5.75. The fraction of sp³-hybridized carbons (Fsp3) is 0.190. The highest BCUT2D eigenvalue weighted by molar-refractivity contribution is 5.83. The molecule has 1 aromatic carbocycles. The summed E-state index contributed by atoms with van der Waals surface area (Å²) in [4.78, 5) is 0. The average molecular weight is 404 g/mol. The number of rotatable bonds is 1. The van der Waals surface area contributed by atoms with Gasteiger partial charge in [-0.1, -0.05) is 0 Å². The Morgan fingerprint density at radius 3 is 2.93 bits per heavy atom. The van der Waals surface area contributed by atoms with Crippen LogP contribution in [-0.4, -0.2) is 31.0 Å². The second-order valence-electron chi connectivity index (χ2n) is 7.36. The highest BCUT2D eigenvalue weighted by atomic mass is 19.1. The molecule has 4 aromatic rings. The molecule has 0 fully saturated rings. The molecule has 0 saturated carbocycles. The van der Waals surface area contributed by atoms with E-state index in [1.807, 2.05) is 29.1 Å². The van der Waals surface area contributed by atoms with Crippen molar-refractivity contribution in [3.63, 3.8) is 0 Å². The van der Waals surface area contributed by atoms with Crippen LogP contribution in [0.1, 0.15) is 16.8 Å². The molecule has 5 heterocycles. The Labute approximate surface area is 170 Å². The summed E-state index contributed by atoms with van der Waals surface area (Å²) in [6.45, 7) is 2.60. The van der Waals surface area contributed by atoms with Crippen LogP contribution >= 0.6 is 0 Å². The Morgan fingerprint density at radius 2 is 2.10 bits per heavy atom. The smallest absolute Gasteiger partial charge is 0.170 e. The summed E-state index contributed by atoms with van der Waals surface area (Å²) < 4.78 is 30.1. The van der Waals surface area contributed by atoms with Crippen LogP contribution in [0.4, 0.5) is 10.2 Å². The molecule has 0 unspecified atom stereocenters. The number of nitrogens with one attached hydrogen (secondary N) is 1. The maximum atomic E-state index is 14.7. The van der Waals surface area contributed by atoms with Gasteiger partial charge in [0.15, 0.2) is 17.2 Å². The van der Waals surface area contributed by atoms with Crippen molar-refractivity contribution in [1.82, 2.24) is 24.4 Å². The fourth-order valence-corrected chi connectivity index (χ4v) is 4.06. The Hall–Kier alpha value is -3.88. The molecule has 0 amide bonds. The van der Waals surface area contributed by atoms with E-state index in [-0.39, 0.29) is 12.4 Å². The number of halogens is 1. The second-order valence-corrected chi connectivity index (χ2v) is 7.36. The molecule has 2 aliphatic rings. The van der Waals surface area contributed by atoms with Gasteiger partial charge in [-0.15, -0.1) is 10.2 Å². The van der Waals surface area contributed by atoms with Gasteiger partial charge in [0.2, 0.25) is 0 Å². The summed E-state index contributed by atoms with van der Waals surface area (Å²) in [6.07, 6.45) is 5.05. The van der Waals surface area contributed by atoms with Crippen molar-refractivity contribution < 1.29 is 13.9 Å². The minimum Gasteiger partial charge on any atom is -0.488 e. The first-order valence-electron chi connectivity index (χ1n) is 9.51. The number of nitrogens with zero attached hydrogens (tertiary/aromatic N) is 5. The van der Waals surface area contributed by atoms with Crippen LogP contribution in [0.15, 0.2) is 37.0 Å². The summed E-state index contributed by atoms with van der Waals surface area (Å²) >= 11 is 0. The number of aromatic nitrogens is 5. The number of anilines is 1. The van der Waals surface area contributed by atoms with Gasteiger partial charge in [-0.05, 0) is 25.1 Å². The van der Waals surface area contributed by atoms with Gasteiger partial charge in [0.1, 0.15) is 24.5 Å². The monoisotopic (exact) mass is 404 g/mol. The van der Waals surface area contributed by atoms with Gasteiger partial charge in [0.25, 0.3) is 0 Å². The minimum atomic E-state index is -0.288. The summed E-state index contributed by atoms with van der Waals surface area (Å²) in [6, 6.07) is 5.00. The van der Waals surface area contributed by atoms with E-state index in [0.717, 1.165) is 28.0 Å². The van der Waals surface area contributed by atoms with Crippen molar-refractivity contribution in [1.29, 1.82) is 0 Å². The standard InChI is InChI=1S/C21H17FN6O2/c1-11-14(7-25-27(11)2)13-5-18-21(28-10-24-26-20(13)28)23-6-15-16(22)3-4-17-19(15)12(8-29-17)9-30-18/h3-5,7,9-10,23H,6,8H2,1-2H3/b12-9+. The highest BCUT2D eigenvalue weighted by Crippen LogP contribution is 2.41. The van der Waals surface area contributed by atoms with Crippen molar-refractivity contribution in [3.8, 4) is 22.6 Å². The molecule has 9 heteroatoms. The normalized spacial score (nSPS) is 16.3. The molecule has 0 spiro atoms. The number of hydrogen-bond donors (Lipinski definition) is 1. The van der Waals surface area contributed by atoms with Crippen LogP contribution in [0.3, 0.4) is 0 Å². The molecule has 8 nitrogen and oxygen atoms in total. The molecule has 30 heavy (non-hydrogen) atoms.